The molecule has 1 aliphatic heterocycles. The first-order valence-corrected chi connectivity index (χ1v) is 7.97. The summed E-state index contributed by atoms with van der Waals surface area (Å²) in [6, 6.07) is 0. The van der Waals surface area contributed by atoms with Crippen LogP contribution in [0, 0.1) is 23.7 Å². The van der Waals surface area contributed by atoms with E-state index in [1.165, 1.54) is 18.7 Å². The summed E-state index contributed by atoms with van der Waals surface area (Å²) >= 11 is 0. The zero-order valence-corrected chi connectivity index (χ0v) is 12.2. The lowest BCUT2D eigenvalue weighted by atomic mass is 9.97. The number of hydrogen-bond acceptors (Lipinski definition) is 2. The fourth-order valence-electron chi connectivity index (χ4n) is 3.88. The first-order valence-electron chi connectivity index (χ1n) is 7.97. The van der Waals surface area contributed by atoms with Gasteiger partial charge in [-0.15, -0.1) is 0 Å². The summed E-state index contributed by atoms with van der Waals surface area (Å²) in [7, 11) is 1.99. The number of carbonyl (C=O) groups excluding carboxylic acids is 1. The van der Waals surface area contributed by atoms with Crippen LogP contribution in [0.3, 0.4) is 0 Å². The van der Waals surface area contributed by atoms with Gasteiger partial charge in [0.1, 0.15) is 5.82 Å². The maximum Gasteiger partial charge on any atom is 0.225 e. The molecule has 2 saturated carbocycles. The fraction of sp³-hybridized carbons (Fsp3) is 0.750. The van der Waals surface area contributed by atoms with Crippen molar-refractivity contribution in [1.29, 1.82) is 0 Å². The number of hydrogen-bond donors (Lipinski definition) is 0. The van der Waals surface area contributed by atoms with Crippen molar-refractivity contribution >= 4 is 5.91 Å². The van der Waals surface area contributed by atoms with Crippen LogP contribution in [0.1, 0.15) is 31.5 Å². The van der Waals surface area contributed by atoms with Crippen LogP contribution in [-0.4, -0.2) is 34.0 Å². The van der Waals surface area contributed by atoms with Crippen molar-refractivity contribution in [2.45, 2.75) is 38.6 Å². The van der Waals surface area contributed by atoms with Crippen LogP contribution in [0.15, 0.2) is 12.4 Å². The smallest absolute Gasteiger partial charge is 0.225 e. The maximum absolute atomic E-state index is 12.4. The molecule has 0 N–H and O–H groups in total. The number of amides is 1. The van der Waals surface area contributed by atoms with Gasteiger partial charge >= 0.3 is 0 Å². The zero-order valence-electron chi connectivity index (χ0n) is 12.2. The fourth-order valence-corrected chi connectivity index (χ4v) is 3.88. The van der Waals surface area contributed by atoms with Crippen LogP contribution >= 0.6 is 0 Å². The molecular formula is C16H23N3O. The minimum atomic E-state index is 0.359. The number of nitrogens with zero attached hydrogens (tertiary/aromatic N) is 3. The van der Waals surface area contributed by atoms with Crippen LogP contribution in [0.2, 0.25) is 0 Å². The number of aryl methyl sites for hydroxylation is 1. The van der Waals surface area contributed by atoms with Gasteiger partial charge in [-0.3, -0.25) is 4.79 Å². The van der Waals surface area contributed by atoms with Gasteiger partial charge in [0.05, 0.1) is 0 Å². The Morgan fingerprint density at radius 1 is 1.45 bits per heavy atom. The van der Waals surface area contributed by atoms with Gasteiger partial charge in [0, 0.05) is 44.9 Å². The molecule has 3 atom stereocenters. The molecule has 1 amide bonds. The van der Waals surface area contributed by atoms with Gasteiger partial charge in [-0.2, -0.15) is 0 Å². The minimum absolute atomic E-state index is 0.359. The highest BCUT2D eigenvalue weighted by Gasteiger charge is 2.51. The average Bonchev–Trinajstić information content (AvgIpc) is 3.33. The Hall–Kier alpha value is -1.32. The molecular weight excluding hydrogens is 250 g/mol. The van der Waals surface area contributed by atoms with E-state index in [1.54, 1.807) is 0 Å². The van der Waals surface area contributed by atoms with Gasteiger partial charge in [-0.1, -0.05) is 0 Å². The monoisotopic (exact) mass is 273 g/mol. The molecule has 2 fully saturated rings. The molecule has 3 aliphatic rings. The number of aromatic nitrogens is 2. The van der Waals surface area contributed by atoms with E-state index in [-0.39, 0.29) is 0 Å². The van der Waals surface area contributed by atoms with Crippen molar-refractivity contribution < 1.29 is 4.79 Å². The Labute approximate surface area is 120 Å². The summed E-state index contributed by atoms with van der Waals surface area (Å²) in [5.74, 6) is 4.14. The normalized spacial score (nSPS) is 31.8. The molecule has 108 valence electrons. The molecule has 2 aliphatic carbocycles. The van der Waals surface area contributed by atoms with Crippen molar-refractivity contribution in [3.8, 4) is 0 Å². The highest BCUT2D eigenvalue weighted by molar-refractivity contribution is 5.81. The molecule has 1 aromatic heterocycles. The largest absolute Gasteiger partial charge is 0.345 e. The van der Waals surface area contributed by atoms with E-state index in [4.69, 9.17) is 0 Å². The van der Waals surface area contributed by atoms with E-state index in [9.17, 15) is 4.79 Å². The Morgan fingerprint density at radius 2 is 2.30 bits per heavy atom. The number of imidazole rings is 1. The van der Waals surface area contributed by atoms with Crippen molar-refractivity contribution in [3.63, 3.8) is 0 Å². The summed E-state index contributed by atoms with van der Waals surface area (Å²) in [4.78, 5) is 18.8. The van der Waals surface area contributed by atoms with Crippen LogP contribution in [0.5, 0.6) is 0 Å². The van der Waals surface area contributed by atoms with Gasteiger partial charge in [0.2, 0.25) is 5.91 Å². The van der Waals surface area contributed by atoms with Crippen molar-refractivity contribution in [1.82, 2.24) is 14.5 Å². The predicted molar refractivity (Wildman–Crippen MR) is 76.0 cm³/mol. The Balaban J connectivity index is 1.32. The van der Waals surface area contributed by atoms with Crippen LogP contribution in [-0.2, 0) is 17.8 Å². The van der Waals surface area contributed by atoms with Gasteiger partial charge in [0.15, 0.2) is 0 Å². The Bertz CT molecular complexity index is 520. The topological polar surface area (TPSA) is 38.1 Å². The lowest BCUT2D eigenvalue weighted by Crippen LogP contribution is -2.36. The summed E-state index contributed by atoms with van der Waals surface area (Å²) in [6.07, 6.45) is 10.0. The molecule has 1 aromatic rings. The van der Waals surface area contributed by atoms with Gasteiger partial charge in [-0.25, -0.2) is 4.98 Å². The minimum Gasteiger partial charge on any atom is -0.345 e. The number of carbonyl (C=O) groups is 1. The Morgan fingerprint density at radius 3 is 3.10 bits per heavy atom. The maximum atomic E-state index is 12.4. The molecule has 0 spiro atoms. The second kappa shape index (κ2) is 4.61. The molecule has 4 nitrogen and oxygen atoms in total. The molecule has 4 rings (SSSR count). The quantitative estimate of drug-likeness (QED) is 0.841. The molecule has 0 unspecified atom stereocenters. The lowest BCUT2D eigenvalue weighted by molar-refractivity contribution is -0.132. The second-order valence-corrected chi connectivity index (χ2v) is 6.96. The third kappa shape index (κ3) is 2.25. The standard InChI is InChI=1S/C16H23N3O/c1-18(16(20)14-9-13(14)12-2-3-12)10-11-4-6-19-7-5-17-15(19)8-11/h5,7,11-14H,2-4,6,8-10H2,1H3/t11-,13-,14-/m1/s1. The third-order valence-corrected chi connectivity index (χ3v) is 5.34. The summed E-state index contributed by atoms with van der Waals surface area (Å²) in [5.41, 5.74) is 0. The summed E-state index contributed by atoms with van der Waals surface area (Å²) < 4.78 is 2.24. The molecule has 4 heteroatoms. The molecule has 0 radical (unpaired) electrons. The summed E-state index contributed by atoms with van der Waals surface area (Å²) in [5, 5.41) is 0. The average molecular weight is 273 g/mol. The summed E-state index contributed by atoms with van der Waals surface area (Å²) in [6.45, 7) is 1.95. The molecule has 0 bridgehead atoms. The molecule has 0 saturated heterocycles. The SMILES string of the molecule is CN(C[C@@H]1CCn2ccnc2C1)C(=O)[C@@H]1C[C@@H]1C1CC1. The third-order valence-electron chi connectivity index (χ3n) is 5.34. The number of rotatable bonds is 4. The second-order valence-electron chi connectivity index (χ2n) is 6.96. The predicted octanol–water partition coefficient (Wildman–Crippen LogP) is 1.95. The van der Waals surface area contributed by atoms with Crippen LogP contribution < -0.4 is 0 Å². The van der Waals surface area contributed by atoms with E-state index in [0.717, 1.165) is 44.2 Å². The first kappa shape index (κ1) is 12.4. The molecule has 0 aromatic carbocycles. The van der Waals surface area contributed by atoms with E-state index >= 15 is 0 Å². The van der Waals surface area contributed by atoms with E-state index < -0.39 is 0 Å². The van der Waals surface area contributed by atoms with Crippen LogP contribution in [0.25, 0.3) is 0 Å². The van der Waals surface area contributed by atoms with Crippen LogP contribution in [0.4, 0.5) is 0 Å². The van der Waals surface area contributed by atoms with Gasteiger partial charge in [-0.05, 0) is 43.4 Å². The first-order chi connectivity index (χ1) is 9.72. The molecule has 20 heavy (non-hydrogen) atoms. The van der Waals surface area contributed by atoms with Gasteiger partial charge < -0.3 is 9.47 Å². The lowest BCUT2D eigenvalue weighted by Gasteiger charge is -2.28. The van der Waals surface area contributed by atoms with Crippen molar-refractivity contribution in [2.24, 2.45) is 23.7 Å². The van der Waals surface area contributed by atoms with Crippen molar-refractivity contribution in [3.05, 3.63) is 18.2 Å². The van der Waals surface area contributed by atoms with E-state index in [0.29, 0.717) is 17.7 Å². The van der Waals surface area contributed by atoms with Crippen molar-refractivity contribution in [2.75, 3.05) is 13.6 Å². The number of fused-ring (bicyclic) bond motifs is 1. The van der Waals surface area contributed by atoms with Gasteiger partial charge in [0.25, 0.3) is 0 Å². The zero-order chi connectivity index (χ0) is 13.7. The highest BCUT2D eigenvalue weighted by atomic mass is 16.2. The Kier molecular flexibility index (Phi) is 2.86. The van der Waals surface area contributed by atoms with E-state index in [2.05, 4.69) is 15.7 Å². The molecule has 2 heterocycles. The van der Waals surface area contributed by atoms with E-state index in [1.807, 2.05) is 18.1 Å². The highest BCUT2D eigenvalue weighted by Crippen LogP contribution is 2.54.